The minimum absolute atomic E-state index is 0.0778. The fourth-order valence-corrected chi connectivity index (χ4v) is 3.47. The Hall–Kier alpha value is -2.04. The van der Waals surface area contributed by atoms with E-state index in [1.807, 2.05) is 13.8 Å². The van der Waals surface area contributed by atoms with Crippen molar-refractivity contribution in [3.05, 3.63) is 41.5 Å². The molecule has 2 aromatic carbocycles. The number of aldehydes is 1. The molecule has 1 aliphatic carbocycles. The van der Waals surface area contributed by atoms with Gasteiger partial charge in [-0.1, -0.05) is 39.0 Å². The molecule has 0 aromatic heterocycles. The van der Waals surface area contributed by atoms with Crippen LogP contribution in [0.2, 0.25) is 0 Å². The Morgan fingerprint density at radius 1 is 1.04 bits per heavy atom. The SMILES string of the molecule is CC.CC1CCC(Nc2ccc3cc(C=O)ccc3c2C(F)(F)F)CC1. The van der Waals surface area contributed by atoms with E-state index < -0.39 is 11.7 Å². The number of benzene rings is 2. The predicted molar refractivity (Wildman–Crippen MR) is 101 cm³/mol. The highest BCUT2D eigenvalue weighted by molar-refractivity contribution is 5.94. The van der Waals surface area contributed by atoms with E-state index in [-0.39, 0.29) is 17.1 Å². The summed E-state index contributed by atoms with van der Waals surface area (Å²) < 4.78 is 41.0. The van der Waals surface area contributed by atoms with Crippen molar-refractivity contribution in [2.75, 3.05) is 5.32 Å². The maximum Gasteiger partial charge on any atom is 0.418 e. The normalized spacial score (nSPS) is 20.2. The lowest BCUT2D eigenvalue weighted by Crippen LogP contribution is -2.26. The number of nitrogens with one attached hydrogen (secondary N) is 1. The van der Waals surface area contributed by atoms with E-state index in [1.165, 1.54) is 24.3 Å². The number of carbonyl (C=O) groups is 1. The first-order chi connectivity index (χ1) is 12.4. The highest BCUT2D eigenvalue weighted by Crippen LogP contribution is 2.41. The van der Waals surface area contributed by atoms with Gasteiger partial charge in [-0.05, 0) is 54.5 Å². The monoisotopic (exact) mass is 365 g/mol. The highest BCUT2D eigenvalue weighted by atomic mass is 19.4. The van der Waals surface area contributed by atoms with E-state index in [1.54, 1.807) is 6.07 Å². The Kier molecular flexibility index (Phi) is 6.68. The van der Waals surface area contributed by atoms with Gasteiger partial charge in [0, 0.05) is 17.3 Å². The second kappa shape index (κ2) is 8.56. The first-order valence-electron chi connectivity index (χ1n) is 9.24. The van der Waals surface area contributed by atoms with Crippen molar-refractivity contribution >= 4 is 22.7 Å². The van der Waals surface area contributed by atoms with Crippen LogP contribution in [0.25, 0.3) is 10.8 Å². The van der Waals surface area contributed by atoms with Gasteiger partial charge >= 0.3 is 6.18 Å². The van der Waals surface area contributed by atoms with Crippen LogP contribution in [-0.4, -0.2) is 12.3 Å². The van der Waals surface area contributed by atoms with Crippen molar-refractivity contribution in [2.45, 2.75) is 58.7 Å². The summed E-state index contributed by atoms with van der Waals surface area (Å²) in [5.41, 5.74) is -0.137. The lowest BCUT2D eigenvalue weighted by molar-refractivity contribution is -0.135. The lowest BCUT2D eigenvalue weighted by atomic mass is 9.87. The molecule has 1 aliphatic rings. The van der Waals surface area contributed by atoms with Gasteiger partial charge in [-0.2, -0.15) is 13.2 Å². The van der Waals surface area contributed by atoms with E-state index in [9.17, 15) is 18.0 Å². The Morgan fingerprint density at radius 2 is 1.69 bits per heavy atom. The molecule has 0 spiro atoms. The number of anilines is 1. The third-order valence-electron chi connectivity index (χ3n) is 4.84. The van der Waals surface area contributed by atoms with Gasteiger partial charge in [0.05, 0.1) is 5.56 Å². The number of halogens is 3. The average molecular weight is 365 g/mol. The van der Waals surface area contributed by atoms with Gasteiger partial charge in [-0.3, -0.25) is 4.79 Å². The maximum absolute atomic E-state index is 13.7. The fraction of sp³-hybridized carbons (Fsp3) is 0.476. The number of carbonyl (C=O) groups excluding carboxylic acids is 1. The number of alkyl halides is 3. The summed E-state index contributed by atoms with van der Waals surface area (Å²) in [6.07, 6.45) is 0.0420. The van der Waals surface area contributed by atoms with Crippen LogP contribution in [-0.2, 0) is 6.18 Å². The Balaban J connectivity index is 0.00000117. The van der Waals surface area contributed by atoms with Crippen molar-refractivity contribution in [1.82, 2.24) is 0 Å². The summed E-state index contributed by atoms with van der Waals surface area (Å²) in [4.78, 5) is 10.9. The van der Waals surface area contributed by atoms with Crippen LogP contribution in [0, 0.1) is 5.92 Å². The highest BCUT2D eigenvalue weighted by Gasteiger charge is 2.36. The Bertz CT molecular complexity index is 747. The summed E-state index contributed by atoms with van der Waals surface area (Å²) in [7, 11) is 0. The Labute approximate surface area is 152 Å². The molecule has 3 rings (SSSR count). The molecule has 0 aliphatic heterocycles. The minimum atomic E-state index is -4.45. The topological polar surface area (TPSA) is 29.1 Å². The minimum Gasteiger partial charge on any atom is -0.382 e. The zero-order valence-electron chi connectivity index (χ0n) is 15.5. The zero-order chi connectivity index (χ0) is 19.3. The summed E-state index contributed by atoms with van der Waals surface area (Å²) >= 11 is 0. The zero-order valence-corrected chi connectivity index (χ0v) is 15.5. The summed E-state index contributed by atoms with van der Waals surface area (Å²) in [6.45, 7) is 6.18. The molecule has 0 amide bonds. The number of rotatable bonds is 3. The smallest absolute Gasteiger partial charge is 0.382 e. The van der Waals surface area contributed by atoms with Gasteiger partial charge in [-0.15, -0.1) is 0 Å². The molecule has 2 aromatic rings. The number of fused-ring (bicyclic) bond motifs is 1. The molecule has 0 unspecified atom stereocenters. The quantitative estimate of drug-likeness (QED) is 0.614. The summed E-state index contributed by atoms with van der Waals surface area (Å²) in [5, 5.41) is 3.66. The number of hydrogen-bond acceptors (Lipinski definition) is 2. The molecule has 2 nitrogen and oxygen atoms in total. The van der Waals surface area contributed by atoms with Crippen LogP contribution in [0.15, 0.2) is 30.3 Å². The molecule has 0 atom stereocenters. The summed E-state index contributed by atoms with van der Waals surface area (Å²) in [5.74, 6) is 0.642. The van der Waals surface area contributed by atoms with Crippen molar-refractivity contribution in [2.24, 2.45) is 5.92 Å². The molecule has 0 radical (unpaired) electrons. The van der Waals surface area contributed by atoms with Crippen LogP contribution in [0.4, 0.5) is 18.9 Å². The standard InChI is InChI=1S/C19H20F3NO.C2H6/c1-12-2-6-15(7-3-12)23-17-9-5-14-10-13(11-24)4-8-16(14)18(17)19(20,21)22;1-2/h4-5,8-12,15,23H,2-3,6-7H2,1H3;1-2H3. The van der Waals surface area contributed by atoms with Gasteiger partial charge in [-0.25, -0.2) is 0 Å². The van der Waals surface area contributed by atoms with Crippen molar-refractivity contribution in [3.63, 3.8) is 0 Å². The number of hydrogen-bond donors (Lipinski definition) is 1. The van der Waals surface area contributed by atoms with E-state index in [2.05, 4.69) is 12.2 Å². The molecule has 0 bridgehead atoms. The van der Waals surface area contributed by atoms with Crippen LogP contribution < -0.4 is 5.32 Å². The second-order valence-electron chi connectivity index (χ2n) is 6.69. The van der Waals surface area contributed by atoms with Crippen LogP contribution in [0.5, 0.6) is 0 Å². The van der Waals surface area contributed by atoms with Gasteiger partial charge in [0.2, 0.25) is 0 Å². The van der Waals surface area contributed by atoms with E-state index in [0.29, 0.717) is 23.2 Å². The molecular weight excluding hydrogens is 339 g/mol. The molecule has 142 valence electrons. The van der Waals surface area contributed by atoms with Crippen LogP contribution >= 0.6 is 0 Å². The van der Waals surface area contributed by atoms with Crippen molar-refractivity contribution < 1.29 is 18.0 Å². The first-order valence-corrected chi connectivity index (χ1v) is 9.24. The van der Waals surface area contributed by atoms with Gasteiger partial charge < -0.3 is 5.32 Å². The van der Waals surface area contributed by atoms with E-state index in [4.69, 9.17) is 0 Å². The molecule has 26 heavy (non-hydrogen) atoms. The fourth-order valence-electron chi connectivity index (χ4n) is 3.47. The third kappa shape index (κ3) is 4.57. The molecule has 0 heterocycles. The third-order valence-corrected chi connectivity index (χ3v) is 4.84. The molecular formula is C21H26F3NO. The lowest BCUT2D eigenvalue weighted by Gasteiger charge is -2.29. The van der Waals surface area contributed by atoms with Crippen molar-refractivity contribution in [3.8, 4) is 0 Å². The maximum atomic E-state index is 13.7. The Morgan fingerprint density at radius 3 is 2.27 bits per heavy atom. The first kappa shape index (κ1) is 20.3. The molecule has 5 heteroatoms. The van der Waals surface area contributed by atoms with Crippen LogP contribution in [0.1, 0.15) is 62.4 Å². The molecule has 1 fully saturated rings. The second-order valence-corrected chi connectivity index (χ2v) is 6.69. The predicted octanol–water partition coefficient (Wildman–Crippen LogP) is 6.69. The largest absolute Gasteiger partial charge is 0.418 e. The molecule has 1 N–H and O–H groups in total. The molecule has 1 saturated carbocycles. The van der Waals surface area contributed by atoms with Crippen molar-refractivity contribution in [1.29, 1.82) is 0 Å². The van der Waals surface area contributed by atoms with Gasteiger partial charge in [0.25, 0.3) is 0 Å². The van der Waals surface area contributed by atoms with E-state index in [0.717, 1.165) is 25.7 Å². The van der Waals surface area contributed by atoms with E-state index >= 15 is 0 Å². The molecule has 0 saturated heterocycles. The van der Waals surface area contributed by atoms with Gasteiger partial charge in [0.1, 0.15) is 6.29 Å². The van der Waals surface area contributed by atoms with Crippen LogP contribution in [0.3, 0.4) is 0 Å². The summed E-state index contributed by atoms with van der Waals surface area (Å²) in [6, 6.07) is 7.51. The van der Waals surface area contributed by atoms with Gasteiger partial charge in [0.15, 0.2) is 0 Å². The average Bonchev–Trinajstić information content (AvgIpc) is 2.63.